The molecule has 1 aliphatic heterocycles. The molecule has 0 spiro atoms. The van der Waals surface area contributed by atoms with Gasteiger partial charge in [0, 0.05) is 18.8 Å². The first-order valence-electron chi connectivity index (χ1n) is 5.80. The van der Waals surface area contributed by atoms with Crippen molar-refractivity contribution in [3.8, 4) is 0 Å². The minimum absolute atomic E-state index is 0.925. The van der Waals surface area contributed by atoms with Crippen molar-refractivity contribution in [2.75, 3.05) is 13.1 Å². The average molecular weight is 179 g/mol. The van der Waals surface area contributed by atoms with Crippen molar-refractivity contribution in [3.63, 3.8) is 0 Å². The summed E-state index contributed by atoms with van der Waals surface area (Å²) >= 11 is 0. The molecular weight excluding hydrogens is 158 g/mol. The lowest BCUT2D eigenvalue weighted by molar-refractivity contribution is 0.264. The Morgan fingerprint density at radius 3 is 2.62 bits per heavy atom. The summed E-state index contributed by atoms with van der Waals surface area (Å²) in [5, 5.41) is 0. The van der Waals surface area contributed by atoms with Gasteiger partial charge in [-0.2, -0.15) is 0 Å². The number of piperidine rings is 1. The quantitative estimate of drug-likeness (QED) is 0.597. The highest BCUT2D eigenvalue weighted by Gasteiger charge is 2.17. The lowest BCUT2D eigenvalue weighted by Crippen LogP contribution is -2.30. The SMILES string of the molecule is CC1CC=C(N2CCCCC2)CC1. The molecule has 1 heteroatoms. The van der Waals surface area contributed by atoms with Crippen molar-refractivity contribution in [3.05, 3.63) is 11.8 Å². The zero-order valence-corrected chi connectivity index (χ0v) is 8.76. The van der Waals surface area contributed by atoms with Gasteiger partial charge in [0.1, 0.15) is 0 Å². The third kappa shape index (κ3) is 2.26. The van der Waals surface area contributed by atoms with E-state index in [4.69, 9.17) is 0 Å². The van der Waals surface area contributed by atoms with E-state index in [1.165, 1.54) is 51.6 Å². The van der Waals surface area contributed by atoms with E-state index >= 15 is 0 Å². The molecule has 0 bridgehead atoms. The first-order valence-corrected chi connectivity index (χ1v) is 5.80. The molecule has 0 saturated carbocycles. The molecule has 2 rings (SSSR count). The molecule has 1 atom stereocenters. The van der Waals surface area contributed by atoms with Gasteiger partial charge in [-0.15, -0.1) is 0 Å². The van der Waals surface area contributed by atoms with E-state index in [1.807, 2.05) is 0 Å². The van der Waals surface area contributed by atoms with Gasteiger partial charge < -0.3 is 4.90 Å². The number of nitrogens with zero attached hydrogens (tertiary/aromatic N) is 1. The van der Waals surface area contributed by atoms with E-state index in [1.54, 1.807) is 5.70 Å². The van der Waals surface area contributed by atoms with Gasteiger partial charge in [0.2, 0.25) is 0 Å². The second-order valence-electron chi connectivity index (χ2n) is 4.62. The van der Waals surface area contributed by atoms with Gasteiger partial charge in [-0.3, -0.25) is 0 Å². The van der Waals surface area contributed by atoms with Crippen LogP contribution in [0.1, 0.15) is 45.4 Å². The maximum absolute atomic E-state index is 2.62. The van der Waals surface area contributed by atoms with Gasteiger partial charge >= 0.3 is 0 Å². The number of likely N-dealkylation sites (tertiary alicyclic amines) is 1. The Morgan fingerprint density at radius 1 is 1.23 bits per heavy atom. The second kappa shape index (κ2) is 4.17. The van der Waals surface area contributed by atoms with Gasteiger partial charge in [-0.05, 0) is 44.4 Å². The molecule has 74 valence electrons. The van der Waals surface area contributed by atoms with Crippen molar-refractivity contribution < 1.29 is 0 Å². The molecule has 1 heterocycles. The van der Waals surface area contributed by atoms with E-state index in [0.717, 1.165) is 5.92 Å². The van der Waals surface area contributed by atoms with Gasteiger partial charge in [-0.25, -0.2) is 0 Å². The lowest BCUT2D eigenvalue weighted by Gasteiger charge is -2.33. The van der Waals surface area contributed by atoms with Crippen molar-refractivity contribution in [2.24, 2.45) is 5.92 Å². The van der Waals surface area contributed by atoms with Crippen LogP contribution in [0.15, 0.2) is 11.8 Å². The minimum Gasteiger partial charge on any atom is -0.375 e. The summed E-state index contributed by atoms with van der Waals surface area (Å²) in [7, 11) is 0. The molecule has 0 aromatic heterocycles. The standard InChI is InChI=1S/C12H21N/c1-11-5-7-12(8-6-11)13-9-3-2-4-10-13/h7,11H,2-6,8-10H2,1H3. The fraction of sp³-hybridized carbons (Fsp3) is 0.833. The van der Waals surface area contributed by atoms with E-state index in [0.29, 0.717) is 0 Å². The van der Waals surface area contributed by atoms with Crippen molar-refractivity contribution in [1.82, 2.24) is 4.90 Å². The van der Waals surface area contributed by atoms with Crippen LogP contribution in [0.3, 0.4) is 0 Å². The average Bonchev–Trinajstić information content (AvgIpc) is 2.20. The van der Waals surface area contributed by atoms with E-state index in [2.05, 4.69) is 17.9 Å². The lowest BCUT2D eigenvalue weighted by atomic mass is 9.93. The number of allylic oxidation sites excluding steroid dienone is 2. The first kappa shape index (κ1) is 9.11. The fourth-order valence-corrected chi connectivity index (χ4v) is 2.42. The Morgan fingerprint density at radius 2 is 2.00 bits per heavy atom. The molecule has 13 heavy (non-hydrogen) atoms. The van der Waals surface area contributed by atoms with Crippen LogP contribution in [0.25, 0.3) is 0 Å². The first-order chi connectivity index (χ1) is 6.36. The summed E-state index contributed by atoms with van der Waals surface area (Å²) in [6.45, 7) is 5.00. The molecule has 0 N–H and O–H groups in total. The van der Waals surface area contributed by atoms with Gasteiger partial charge in [0.15, 0.2) is 0 Å². The van der Waals surface area contributed by atoms with Crippen LogP contribution in [0.4, 0.5) is 0 Å². The highest BCUT2D eigenvalue weighted by Crippen LogP contribution is 2.27. The molecule has 0 aromatic carbocycles. The molecule has 1 nitrogen and oxygen atoms in total. The smallest absolute Gasteiger partial charge is 0.0174 e. The Labute approximate surface area is 81.8 Å². The molecule has 1 unspecified atom stereocenters. The summed E-state index contributed by atoms with van der Waals surface area (Å²) in [6, 6.07) is 0. The summed E-state index contributed by atoms with van der Waals surface area (Å²) in [5.74, 6) is 0.925. The van der Waals surface area contributed by atoms with E-state index < -0.39 is 0 Å². The highest BCUT2D eigenvalue weighted by atomic mass is 15.1. The largest absolute Gasteiger partial charge is 0.375 e. The third-order valence-electron chi connectivity index (χ3n) is 3.41. The van der Waals surface area contributed by atoms with Crippen LogP contribution in [0.5, 0.6) is 0 Å². The van der Waals surface area contributed by atoms with Gasteiger partial charge in [0.25, 0.3) is 0 Å². The van der Waals surface area contributed by atoms with Crippen LogP contribution < -0.4 is 0 Å². The molecule has 1 fully saturated rings. The van der Waals surface area contributed by atoms with Gasteiger partial charge in [-0.1, -0.05) is 13.0 Å². The predicted octanol–water partition coefficient (Wildman–Crippen LogP) is 3.18. The molecule has 0 amide bonds. The predicted molar refractivity (Wildman–Crippen MR) is 56.5 cm³/mol. The molecule has 1 saturated heterocycles. The number of hydrogen-bond donors (Lipinski definition) is 0. The van der Waals surface area contributed by atoms with Crippen LogP contribution in [-0.4, -0.2) is 18.0 Å². The minimum atomic E-state index is 0.925. The van der Waals surface area contributed by atoms with E-state index in [9.17, 15) is 0 Å². The molecule has 0 radical (unpaired) electrons. The van der Waals surface area contributed by atoms with Crippen molar-refractivity contribution in [1.29, 1.82) is 0 Å². The maximum atomic E-state index is 2.62. The fourth-order valence-electron chi connectivity index (χ4n) is 2.42. The Kier molecular flexibility index (Phi) is 2.92. The normalized spacial score (nSPS) is 30.1. The number of rotatable bonds is 1. The molecule has 0 aromatic rings. The summed E-state index contributed by atoms with van der Waals surface area (Å²) < 4.78 is 0. The zero-order valence-electron chi connectivity index (χ0n) is 8.76. The summed E-state index contributed by atoms with van der Waals surface area (Å²) in [4.78, 5) is 2.62. The summed E-state index contributed by atoms with van der Waals surface area (Å²) in [5.41, 5.74) is 1.65. The maximum Gasteiger partial charge on any atom is 0.0174 e. The van der Waals surface area contributed by atoms with Crippen molar-refractivity contribution in [2.45, 2.75) is 45.4 Å². The van der Waals surface area contributed by atoms with Crippen LogP contribution in [0.2, 0.25) is 0 Å². The third-order valence-corrected chi connectivity index (χ3v) is 3.41. The monoisotopic (exact) mass is 179 g/mol. The van der Waals surface area contributed by atoms with E-state index in [-0.39, 0.29) is 0 Å². The topological polar surface area (TPSA) is 3.24 Å². The summed E-state index contributed by atoms with van der Waals surface area (Å²) in [6.07, 6.45) is 10.8. The zero-order chi connectivity index (χ0) is 9.10. The highest BCUT2D eigenvalue weighted by molar-refractivity contribution is 5.06. The van der Waals surface area contributed by atoms with Crippen molar-refractivity contribution >= 4 is 0 Å². The Hall–Kier alpha value is -0.460. The second-order valence-corrected chi connectivity index (χ2v) is 4.62. The number of hydrogen-bond acceptors (Lipinski definition) is 1. The molecule has 2 aliphatic rings. The van der Waals surface area contributed by atoms with Crippen LogP contribution >= 0.6 is 0 Å². The molecule has 1 aliphatic carbocycles. The van der Waals surface area contributed by atoms with Crippen LogP contribution in [-0.2, 0) is 0 Å². The Bertz CT molecular complexity index is 189. The van der Waals surface area contributed by atoms with Gasteiger partial charge in [0.05, 0.1) is 0 Å². The molecular formula is C12H21N. The van der Waals surface area contributed by atoms with Crippen LogP contribution in [0, 0.1) is 5.92 Å². The Balaban J connectivity index is 1.92.